The third kappa shape index (κ3) is 3.89. The molecule has 25 heavy (non-hydrogen) atoms. The van der Waals surface area contributed by atoms with Gasteiger partial charge >= 0.3 is 0 Å². The summed E-state index contributed by atoms with van der Waals surface area (Å²) >= 11 is 0. The van der Waals surface area contributed by atoms with Crippen molar-refractivity contribution in [1.82, 2.24) is 15.5 Å². The second kappa shape index (κ2) is 7.23. The van der Waals surface area contributed by atoms with Crippen LogP contribution in [-0.4, -0.2) is 27.2 Å². The molecule has 0 aliphatic heterocycles. The fourth-order valence-corrected chi connectivity index (χ4v) is 2.34. The Morgan fingerprint density at radius 3 is 2.72 bits per heavy atom. The van der Waals surface area contributed by atoms with E-state index in [1.54, 1.807) is 31.5 Å². The van der Waals surface area contributed by atoms with Crippen molar-refractivity contribution >= 4 is 5.91 Å². The molecule has 0 radical (unpaired) electrons. The Labute approximate surface area is 143 Å². The molecule has 3 rings (SSSR count). The summed E-state index contributed by atoms with van der Waals surface area (Å²) in [5.41, 5.74) is 1.30. The van der Waals surface area contributed by atoms with E-state index < -0.39 is 23.9 Å². The van der Waals surface area contributed by atoms with E-state index in [2.05, 4.69) is 15.5 Å². The van der Waals surface area contributed by atoms with Crippen molar-refractivity contribution in [3.8, 4) is 11.3 Å². The van der Waals surface area contributed by atoms with Gasteiger partial charge in [-0.2, -0.15) is 0 Å². The number of aromatic nitrogens is 2. The summed E-state index contributed by atoms with van der Waals surface area (Å²) in [4.78, 5) is 16.2. The molecule has 2 aromatic heterocycles. The number of benzene rings is 1. The zero-order valence-electron chi connectivity index (χ0n) is 13.4. The number of pyridine rings is 1. The summed E-state index contributed by atoms with van der Waals surface area (Å²) in [5.74, 6) is -0.448. The minimum atomic E-state index is -0.978. The molecule has 0 aliphatic carbocycles. The first-order chi connectivity index (χ1) is 12.0. The third-order valence-electron chi connectivity index (χ3n) is 3.73. The molecule has 3 aromatic rings. The van der Waals surface area contributed by atoms with Gasteiger partial charge in [-0.25, -0.2) is 4.39 Å². The topological polar surface area (TPSA) is 88.3 Å². The number of carbonyl (C=O) groups excluding carboxylic acids is 1. The summed E-state index contributed by atoms with van der Waals surface area (Å²) in [7, 11) is 0. The molecule has 0 unspecified atom stereocenters. The van der Waals surface area contributed by atoms with Crippen LogP contribution in [0.4, 0.5) is 4.39 Å². The van der Waals surface area contributed by atoms with Crippen molar-refractivity contribution < 1.29 is 18.8 Å². The van der Waals surface area contributed by atoms with Gasteiger partial charge in [-0.05, 0) is 36.8 Å². The van der Waals surface area contributed by atoms with E-state index in [4.69, 9.17) is 4.52 Å². The Morgan fingerprint density at radius 2 is 2.04 bits per heavy atom. The predicted molar refractivity (Wildman–Crippen MR) is 88.0 cm³/mol. The molecule has 7 heteroatoms. The minimum absolute atomic E-state index is 0.0945. The van der Waals surface area contributed by atoms with Gasteiger partial charge in [0.1, 0.15) is 5.82 Å². The van der Waals surface area contributed by atoms with Gasteiger partial charge in [0.25, 0.3) is 5.91 Å². The quantitative estimate of drug-likeness (QED) is 0.745. The summed E-state index contributed by atoms with van der Waals surface area (Å²) in [6.07, 6.45) is 2.25. The summed E-state index contributed by atoms with van der Waals surface area (Å²) in [6.45, 7) is 1.65. The van der Waals surface area contributed by atoms with Crippen LogP contribution >= 0.6 is 0 Å². The first-order valence-corrected chi connectivity index (χ1v) is 7.66. The molecule has 0 spiro atoms. The molecule has 1 aromatic carbocycles. The van der Waals surface area contributed by atoms with Crippen LogP contribution in [0.3, 0.4) is 0 Å². The summed E-state index contributed by atoms with van der Waals surface area (Å²) < 4.78 is 18.1. The van der Waals surface area contributed by atoms with E-state index in [0.717, 1.165) is 0 Å². The lowest BCUT2D eigenvalue weighted by Gasteiger charge is -2.20. The van der Waals surface area contributed by atoms with Gasteiger partial charge in [-0.1, -0.05) is 17.3 Å². The fraction of sp³-hybridized carbons (Fsp3) is 0.167. The number of nitrogens with one attached hydrogen (secondary N) is 1. The molecular formula is C18H16FN3O3. The average Bonchev–Trinajstić information content (AvgIpc) is 3.13. The molecule has 6 nitrogen and oxygen atoms in total. The smallest absolute Gasteiger partial charge is 0.273 e. The van der Waals surface area contributed by atoms with E-state index in [-0.39, 0.29) is 5.69 Å². The third-order valence-corrected chi connectivity index (χ3v) is 3.73. The Bertz CT molecular complexity index is 850. The fourth-order valence-electron chi connectivity index (χ4n) is 2.34. The number of aliphatic hydroxyl groups is 1. The Kier molecular flexibility index (Phi) is 4.85. The largest absolute Gasteiger partial charge is 0.386 e. The van der Waals surface area contributed by atoms with Crippen molar-refractivity contribution in [1.29, 1.82) is 0 Å². The average molecular weight is 341 g/mol. The number of hydrogen-bond donors (Lipinski definition) is 2. The highest BCUT2D eigenvalue weighted by molar-refractivity contribution is 5.93. The van der Waals surface area contributed by atoms with Gasteiger partial charge in [0.2, 0.25) is 0 Å². The zero-order chi connectivity index (χ0) is 17.8. The first-order valence-electron chi connectivity index (χ1n) is 7.66. The molecule has 0 fully saturated rings. The number of rotatable bonds is 5. The van der Waals surface area contributed by atoms with Crippen LogP contribution in [0.2, 0.25) is 0 Å². The van der Waals surface area contributed by atoms with Crippen LogP contribution in [-0.2, 0) is 0 Å². The molecular weight excluding hydrogens is 325 g/mol. The van der Waals surface area contributed by atoms with E-state index >= 15 is 0 Å². The molecule has 2 heterocycles. The minimum Gasteiger partial charge on any atom is -0.386 e. The highest BCUT2D eigenvalue weighted by Crippen LogP contribution is 2.20. The molecule has 0 saturated carbocycles. The maximum Gasteiger partial charge on any atom is 0.273 e. The van der Waals surface area contributed by atoms with Gasteiger partial charge in [0, 0.05) is 24.0 Å². The summed E-state index contributed by atoms with van der Waals surface area (Å²) in [5, 5.41) is 16.7. The van der Waals surface area contributed by atoms with Crippen molar-refractivity contribution in [3.05, 3.63) is 71.9 Å². The lowest BCUT2D eigenvalue weighted by molar-refractivity contribution is 0.0843. The van der Waals surface area contributed by atoms with Crippen molar-refractivity contribution in [2.75, 3.05) is 0 Å². The first kappa shape index (κ1) is 16.8. The lowest BCUT2D eigenvalue weighted by atomic mass is 10.0. The van der Waals surface area contributed by atoms with Gasteiger partial charge in [-0.15, -0.1) is 0 Å². The van der Waals surface area contributed by atoms with Gasteiger partial charge < -0.3 is 14.9 Å². The number of halogens is 1. The molecule has 2 N–H and O–H groups in total. The molecule has 2 atom stereocenters. The highest BCUT2D eigenvalue weighted by Gasteiger charge is 2.21. The maximum absolute atomic E-state index is 13.0. The molecule has 0 aliphatic rings. The van der Waals surface area contributed by atoms with Crippen molar-refractivity contribution in [2.45, 2.75) is 19.1 Å². The van der Waals surface area contributed by atoms with Gasteiger partial charge in [-0.3, -0.25) is 9.78 Å². The maximum atomic E-state index is 13.0. The standard InChI is InChI=1S/C18H16FN3O3/c1-11(17(23)12-4-6-14(19)7-5-12)21-18(24)15-9-16(25-22-15)13-3-2-8-20-10-13/h2-11,17,23H,1H3,(H,21,24)/t11-,17-/m1/s1. The SMILES string of the molecule is C[C@@H](NC(=O)c1cc(-c2cccnc2)on1)[C@@H](O)c1ccc(F)cc1. The molecule has 0 saturated heterocycles. The normalized spacial score (nSPS) is 13.2. The zero-order valence-corrected chi connectivity index (χ0v) is 13.4. The van der Waals surface area contributed by atoms with Crippen LogP contribution < -0.4 is 5.32 Å². The van der Waals surface area contributed by atoms with Gasteiger partial charge in [0.05, 0.1) is 12.1 Å². The van der Waals surface area contributed by atoms with Crippen LogP contribution in [0.15, 0.2) is 59.4 Å². The van der Waals surface area contributed by atoms with E-state index in [0.29, 0.717) is 16.9 Å². The molecule has 128 valence electrons. The van der Waals surface area contributed by atoms with E-state index in [9.17, 15) is 14.3 Å². The van der Waals surface area contributed by atoms with Crippen LogP contribution in [0, 0.1) is 5.82 Å². The number of carbonyl (C=O) groups is 1. The lowest BCUT2D eigenvalue weighted by Crippen LogP contribution is -2.37. The van der Waals surface area contributed by atoms with Gasteiger partial charge in [0.15, 0.2) is 11.5 Å². The Hall–Kier alpha value is -3.06. The molecule has 1 amide bonds. The number of aliphatic hydroxyl groups excluding tert-OH is 1. The Balaban J connectivity index is 1.67. The van der Waals surface area contributed by atoms with E-state index in [1.165, 1.54) is 30.3 Å². The second-order valence-electron chi connectivity index (χ2n) is 5.58. The monoisotopic (exact) mass is 341 g/mol. The number of amides is 1. The van der Waals surface area contributed by atoms with Crippen molar-refractivity contribution in [2.24, 2.45) is 0 Å². The second-order valence-corrected chi connectivity index (χ2v) is 5.58. The predicted octanol–water partition coefficient (Wildman–Crippen LogP) is 2.73. The summed E-state index contributed by atoms with van der Waals surface area (Å²) in [6, 6.07) is 9.89. The van der Waals surface area contributed by atoms with Crippen LogP contribution in [0.5, 0.6) is 0 Å². The number of nitrogens with zero attached hydrogens (tertiary/aromatic N) is 2. The number of hydrogen-bond acceptors (Lipinski definition) is 5. The van der Waals surface area contributed by atoms with Crippen LogP contribution in [0.1, 0.15) is 29.1 Å². The molecule has 0 bridgehead atoms. The van der Waals surface area contributed by atoms with Crippen molar-refractivity contribution in [3.63, 3.8) is 0 Å². The highest BCUT2D eigenvalue weighted by atomic mass is 19.1. The van der Waals surface area contributed by atoms with Crippen LogP contribution in [0.25, 0.3) is 11.3 Å². The Morgan fingerprint density at radius 1 is 1.28 bits per heavy atom. The van der Waals surface area contributed by atoms with E-state index in [1.807, 2.05) is 0 Å².